The van der Waals surface area contributed by atoms with Gasteiger partial charge in [0.15, 0.2) is 0 Å². The zero-order chi connectivity index (χ0) is 11.5. The Morgan fingerprint density at radius 3 is 2.81 bits per heavy atom. The van der Waals surface area contributed by atoms with Gasteiger partial charge in [0.1, 0.15) is 0 Å². The van der Waals surface area contributed by atoms with Gasteiger partial charge in [0, 0.05) is 4.48 Å². The Hall–Kier alpha value is -0.560. The molecule has 0 amide bonds. The lowest BCUT2D eigenvalue weighted by molar-refractivity contribution is 0.961. The van der Waals surface area contributed by atoms with Crippen molar-refractivity contribution in [2.24, 2.45) is 0 Å². The number of allylic oxidation sites excluding steroid dienone is 1. The maximum Gasteiger partial charge on any atom is 0.0210 e. The molecule has 0 radical (unpaired) electrons. The topological polar surface area (TPSA) is 0 Å². The zero-order valence-electron chi connectivity index (χ0n) is 10.1. The van der Waals surface area contributed by atoms with E-state index in [1.54, 1.807) is 0 Å². The molecule has 0 aromatic heterocycles. The third-order valence-electron chi connectivity index (χ3n) is 3.18. The van der Waals surface area contributed by atoms with Gasteiger partial charge in [0.2, 0.25) is 0 Å². The summed E-state index contributed by atoms with van der Waals surface area (Å²) in [5, 5.41) is 0. The molecule has 1 fully saturated rings. The summed E-state index contributed by atoms with van der Waals surface area (Å²) in [7, 11) is 0. The molecular formula is C15H19Br. The summed E-state index contributed by atoms with van der Waals surface area (Å²) in [6.45, 7) is 4.40. The van der Waals surface area contributed by atoms with Crippen molar-refractivity contribution in [3.8, 4) is 0 Å². The molecule has 0 N–H and O–H groups in total. The van der Waals surface area contributed by atoms with Crippen LogP contribution in [0.2, 0.25) is 0 Å². The van der Waals surface area contributed by atoms with Gasteiger partial charge in [-0.15, -0.1) is 0 Å². The van der Waals surface area contributed by atoms with Gasteiger partial charge in [0.25, 0.3) is 0 Å². The molecule has 0 aliphatic heterocycles. The van der Waals surface area contributed by atoms with Crippen molar-refractivity contribution in [3.05, 3.63) is 41.0 Å². The van der Waals surface area contributed by atoms with E-state index in [1.807, 2.05) is 0 Å². The number of hydrogen-bond donors (Lipinski definition) is 0. The van der Waals surface area contributed by atoms with Crippen molar-refractivity contribution in [2.75, 3.05) is 0 Å². The predicted octanol–water partition coefficient (Wildman–Crippen LogP) is 5.41. The molecule has 0 unspecified atom stereocenters. The summed E-state index contributed by atoms with van der Waals surface area (Å²) in [5.41, 5.74) is 4.25. The third kappa shape index (κ3) is 2.76. The highest BCUT2D eigenvalue weighted by Gasteiger charge is 2.23. The van der Waals surface area contributed by atoms with Crippen molar-refractivity contribution in [1.82, 2.24) is 0 Å². The average molecular weight is 279 g/mol. The van der Waals surface area contributed by atoms with Gasteiger partial charge in [-0.3, -0.25) is 0 Å². The Morgan fingerprint density at radius 2 is 2.19 bits per heavy atom. The molecule has 1 aliphatic rings. The fraction of sp³-hybridized carbons (Fsp3) is 0.467. The quantitative estimate of drug-likeness (QED) is 0.691. The number of hydrogen-bond acceptors (Lipinski definition) is 0. The van der Waals surface area contributed by atoms with Crippen LogP contribution in [0.25, 0.3) is 4.48 Å². The van der Waals surface area contributed by atoms with E-state index in [0.717, 1.165) is 12.3 Å². The number of halogens is 1. The van der Waals surface area contributed by atoms with Crippen LogP contribution in [0.1, 0.15) is 55.2 Å². The number of unbranched alkanes of at least 4 members (excludes halogenated alkanes) is 1. The lowest BCUT2D eigenvalue weighted by Gasteiger charge is -2.08. The van der Waals surface area contributed by atoms with E-state index in [0.29, 0.717) is 0 Å². The van der Waals surface area contributed by atoms with Crippen molar-refractivity contribution < 1.29 is 0 Å². The normalized spacial score (nSPS) is 16.6. The average Bonchev–Trinajstić information content (AvgIpc) is 3.10. The first kappa shape index (κ1) is 11.9. The molecule has 1 saturated carbocycles. The molecule has 1 aromatic rings. The van der Waals surface area contributed by atoms with Gasteiger partial charge >= 0.3 is 0 Å². The molecule has 2 rings (SSSR count). The molecule has 1 aromatic carbocycles. The molecule has 16 heavy (non-hydrogen) atoms. The molecule has 1 aliphatic carbocycles. The molecule has 1 heteroatoms. The number of rotatable bonds is 4. The van der Waals surface area contributed by atoms with Crippen LogP contribution in [-0.4, -0.2) is 0 Å². The SMILES string of the molecule is CCC/C=C(/Br)c1cc(C2CC2)ccc1C. The molecule has 86 valence electrons. The van der Waals surface area contributed by atoms with Gasteiger partial charge in [0.05, 0.1) is 0 Å². The van der Waals surface area contributed by atoms with Gasteiger partial charge in [-0.25, -0.2) is 0 Å². The Kier molecular flexibility index (Phi) is 3.86. The smallest absolute Gasteiger partial charge is 0.0210 e. The molecular weight excluding hydrogens is 260 g/mol. The minimum absolute atomic E-state index is 0.839. The van der Waals surface area contributed by atoms with Gasteiger partial charge in [-0.05, 0) is 48.8 Å². The van der Waals surface area contributed by atoms with E-state index in [9.17, 15) is 0 Å². The second kappa shape index (κ2) is 5.18. The van der Waals surface area contributed by atoms with Crippen LogP contribution in [0, 0.1) is 6.92 Å². The van der Waals surface area contributed by atoms with Gasteiger partial charge < -0.3 is 0 Å². The maximum atomic E-state index is 3.70. The van der Waals surface area contributed by atoms with Gasteiger partial charge in [-0.1, -0.05) is 53.5 Å². The predicted molar refractivity (Wildman–Crippen MR) is 75.0 cm³/mol. The first-order valence-electron chi connectivity index (χ1n) is 6.19. The minimum Gasteiger partial charge on any atom is -0.0697 e. The zero-order valence-corrected chi connectivity index (χ0v) is 11.7. The highest BCUT2D eigenvalue weighted by atomic mass is 79.9. The molecule has 0 nitrogen and oxygen atoms in total. The van der Waals surface area contributed by atoms with E-state index in [1.165, 1.54) is 40.4 Å². The van der Waals surface area contributed by atoms with E-state index in [2.05, 4.69) is 54.1 Å². The fourth-order valence-electron chi connectivity index (χ4n) is 1.95. The van der Waals surface area contributed by atoms with Crippen molar-refractivity contribution in [3.63, 3.8) is 0 Å². The van der Waals surface area contributed by atoms with E-state index < -0.39 is 0 Å². The summed E-state index contributed by atoms with van der Waals surface area (Å²) in [4.78, 5) is 0. The molecule has 0 bridgehead atoms. The maximum absolute atomic E-state index is 3.70. The van der Waals surface area contributed by atoms with Crippen molar-refractivity contribution in [1.29, 1.82) is 0 Å². The van der Waals surface area contributed by atoms with Gasteiger partial charge in [-0.2, -0.15) is 0 Å². The Bertz CT molecular complexity index is 400. The second-order valence-electron chi connectivity index (χ2n) is 4.69. The third-order valence-corrected chi connectivity index (χ3v) is 3.93. The van der Waals surface area contributed by atoms with Crippen LogP contribution in [0.15, 0.2) is 24.3 Å². The Balaban J connectivity index is 2.27. The van der Waals surface area contributed by atoms with E-state index >= 15 is 0 Å². The monoisotopic (exact) mass is 278 g/mol. The van der Waals surface area contributed by atoms with Crippen molar-refractivity contribution in [2.45, 2.75) is 45.4 Å². The number of aryl methyl sites for hydroxylation is 1. The standard InChI is InChI=1S/C15H19Br/c1-3-4-5-15(16)14-10-13(12-8-9-12)7-6-11(14)2/h5-7,10,12H,3-4,8-9H2,1-2H3/b15-5+. The van der Waals surface area contributed by atoms with Crippen LogP contribution >= 0.6 is 15.9 Å². The molecule has 0 spiro atoms. The van der Waals surface area contributed by atoms with Crippen LogP contribution in [0.5, 0.6) is 0 Å². The summed E-state index contributed by atoms with van der Waals surface area (Å²) in [6, 6.07) is 6.91. The van der Waals surface area contributed by atoms with Crippen LogP contribution in [0.3, 0.4) is 0 Å². The highest BCUT2D eigenvalue weighted by Crippen LogP contribution is 2.41. The Labute approximate surface area is 107 Å². The summed E-state index contributed by atoms with van der Waals surface area (Å²) >= 11 is 3.70. The Morgan fingerprint density at radius 1 is 1.44 bits per heavy atom. The minimum atomic E-state index is 0.839. The first-order chi connectivity index (χ1) is 7.72. The van der Waals surface area contributed by atoms with Crippen LogP contribution < -0.4 is 0 Å². The largest absolute Gasteiger partial charge is 0.0697 e. The fourth-order valence-corrected chi connectivity index (χ4v) is 2.60. The highest BCUT2D eigenvalue weighted by molar-refractivity contribution is 9.15. The lowest BCUT2D eigenvalue weighted by Crippen LogP contribution is -1.88. The summed E-state index contributed by atoms with van der Waals surface area (Å²) in [6.07, 6.45) is 7.39. The lowest BCUT2D eigenvalue weighted by atomic mass is 10.0. The van der Waals surface area contributed by atoms with Crippen LogP contribution in [0.4, 0.5) is 0 Å². The molecule has 0 saturated heterocycles. The summed E-state index contributed by atoms with van der Waals surface area (Å²) < 4.78 is 1.26. The molecule has 0 heterocycles. The van der Waals surface area contributed by atoms with E-state index in [4.69, 9.17) is 0 Å². The van der Waals surface area contributed by atoms with Crippen molar-refractivity contribution >= 4 is 20.4 Å². The number of benzene rings is 1. The van der Waals surface area contributed by atoms with Crippen LogP contribution in [-0.2, 0) is 0 Å². The molecule has 0 atom stereocenters. The first-order valence-corrected chi connectivity index (χ1v) is 6.98. The van der Waals surface area contributed by atoms with E-state index in [-0.39, 0.29) is 0 Å². The second-order valence-corrected chi connectivity index (χ2v) is 5.54. The summed E-state index contributed by atoms with van der Waals surface area (Å²) in [5.74, 6) is 0.839.